The van der Waals surface area contributed by atoms with E-state index >= 15 is 0 Å². The Morgan fingerprint density at radius 1 is 0.618 bits per heavy atom. The number of hydrogen-bond donors (Lipinski definition) is 4. The summed E-state index contributed by atoms with van der Waals surface area (Å²) in [6.45, 7) is 0.531. The van der Waals surface area contributed by atoms with Crippen molar-refractivity contribution in [2.24, 2.45) is 0 Å². The molecule has 0 atom stereocenters. The van der Waals surface area contributed by atoms with Crippen molar-refractivity contribution < 1.29 is 19.8 Å². The summed E-state index contributed by atoms with van der Waals surface area (Å²) in [5, 5.41) is 44.9. The molecule has 0 radical (unpaired) electrons. The molecule has 174 valence electrons. The number of benzene rings is 2. The lowest BCUT2D eigenvalue weighted by molar-refractivity contribution is -0.137. The van der Waals surface area contributed by atoms with E-state index in [9.17, 15) is 9.59 Å². The van der Waals surface area contributed by atoms with E-state index in [1.807, 2.05) is 48.5 Å². The van der Waals surface area contributed by atoms with Gasteiger partial charge in [0.15, 0.2) is 11.6 Å². The van der Waals surface area contributed by atoms with Crippen molar-refractivity contribution in [1.29, 1.82) is 0 Å². The molecule has 4 rings (SSSR count). The van der Waals surface area contributed by atoms with Crippen LogP contribution in [0.4, 0.5) is 11.6 Å². The molecule has 4 aromatic rings. The summed E-state index contributed by atoms with van der Waals surface area (Å²) in [5.41, 5.74) is 1.63. The molecule has 4 N–H and O–H groups in total. The number of aryl methyl sites for hydroxylation is 2. The SMILES string of the molecule is O=C(O)CCNc1nnc(CCc2nnc(NCCC(=O)O)c3ccccc23)c2ccccc12. The average molecular weight is 460 g/mol. The smallest absolute Gasteiger partial charge is 0.305 e. The van der Waals surface area contributed by atoms with Gasteiger partial charge in [-0.05, 0) is 12.8 Å². The lowest BCUT2D eigenvalue weighted by Crippen LogP contribution is -2.11. The van der Waals surface area contributed by atoms with Gasteiger partial charge in [0.05, 0.1) is 24.2 Å². The van der Waals surface area contributed by atoms with Crippen LogP contribution in [-0.4, -0.2) is 55.6 Å². The van der Waals surface area contributed by atoms with E-state index < -0.39 is 11.9 Å². The normalized spacial score (nSPS) is 10.9. The molecule has 0 bridgehead atoms. The van der Waals surface area contributed by atoms with E-state index in [1.54, 1.807) is 0 Å². The fourth-order valence-corrected chi connectivity index (χ4v) is 3.76. The molecule has 10 heteroatoms. The van der Waals surface area contributed by atoms with Gasteiger partial charge in [0.25, 0.3) is 0 Å². The van der Waals surface area contributed by atoms with Crippen molar-refractivity contribution in [1.82, 2.24) is 20.4 Å². The first kappa shape index (κ1) is 22.8. The molecule has 0 unspecified atom stereocenters. The van der Waals surface area contributed by atoms with Gasteiger partial charge in [0.2, 0.25) is 0 Å². The summed E-state index contributed by atoms with van der Waals surface area (Å²) in [4.78, 5) is 21.6. The maximum Gasteiger partial charge on any atom is 0.305 e. The van der Waals surface area contributed by atoms with E-state index in [0.29, 0.717) is 24.5 Å². The van der Waals surface area contributed by atoms with Gasteiger partial charge >= 0.3 is 11.9 Å². The maximum absolute atomic E-state index is 10.8. The Morgan fingerprint density at radius 3 is 1.38 bits per heavy atom. The van der Waals surface area contributed by atoms with Crippen molar-refractivity contribution in [2.75, 3.05) is 23.7 Å². The zero-order valence-electron chi connectivity index (χ0n) is 18.4. The third-order valence-electron chi connectivity index (χ3n) is 5.39. The quantitative estimate of drug-likeness (QED) is 0.263. The highest BCUT2D eigenvalue weighted by Crippen LogP contribution is 2.26. The summed E-state index contributed by atoms with van der Waals surface area (Å²) in [6, 6.07) is 15.5. The van der Waals surface area contributed by atoms with Gasteiger partial charge < -0.3 is 20.8 Å². The number of rotatable bonds is 11. The summed E-state index contributed by atoms with van der Waals surface area (Å²) >= 11 is 0. The molecular formula is C24H24N6O4. The molecule has 2 aromatic carbocycles. The molecule has 0 fully saturated rings. The summed E-state index contributed by atoms with van der Waals surface area (Å²) in [5.74, 6) is -0.638. The number of hydrogen-bond acceptors (Lipinski definition) is 8. The zero-order chi connectivity index (χ0) is 23.9. The van der Waals surface area contributed by atoms with Crippen molar-refractivity contribution >= 4 is 45.1 Å². The minimum absolute atomic E-state index is 0.00926. The molecular weight excluding hydrogens is 436 g/mol. The van der Waals surface area contributed by atoms with E-state index in [4.69, 9.17) is 10.2 Å². The topological polar surface area (TPSA) is 150 Å². The van der Waals surface area contributed by atoms with E-state index in [-0.39, 0.29) is 25.9 Å². The molecule has 0 aliphatic heterocycles. The minimum Gasteiger partial charge on any atom is -0.481 e. The van der Waals surface area contributed by atoms with Gasteiger partial charge in [-0.1, -0.05) is 48.5 Å². The largest absolute Gasteiger partial charge is 0.481 e. The van der Waals surface area contributed by atoms with Crippen LogP contribution in [0.2, 0.25) is 0 Å². The Bertz CT molecular complexity index is 1240. The molecule has 0 spiro atoms. The molecule has 34 heavy (non-hydrogen) atoms. The highest BCUT2D eigenvalue weighted by atomic mass is 16.4. The monoisotopic (exact) mass is 460 g/mol. The number of anilines is 2. The number of carboxylic acid groups (broad SMARTS) is 2. The van der Waals surface area contributed by atoms with Gasteiger partial charge in [0.1, 0.15) is 0 Å². The highest BCUT2D eigenvalue weighted by molar-refractivity contribution is 5.94. The molecule has 0 saturated carbocycles. The Morgan fingerprint density at radius 2 is 1.00 bits per heavy atom. The fourth-order valence-electron chi connectivity index (χ4n) is 3.76. The number of nitrogens with zero attached hydrogens (tertiary/aromatic N) is 4. The minimum atomic E-state index is -0.877. The predicted molar refractivity (Wildman–Crippen MR) is 128 cm³/mol. The van der Waals surface area contributed by atoms with Crippen molar-refractivity contribution in [3.63, 3.8) is 0 Å². The van der Waals surface area contributed by atoms with Crippen LogP contribution in [-0.2, 0) is 22.4 Å². The first-order valence-electron chi connectivity index (χ1n) is 10.9. The van der Waals surface area contributed by atoms with E-state index in [0.717, 1.165) is 32.9 Å². The second-order valence-electron chi connectivity index (χ2n) is 7.72. The number of carbonyl (C=O) groups is 2. The van der Waals surface area contributed by atoms with Crippen LogP contribution in [0.25, 0.3) is 21.5 Å². The van der Waals surface area contributed by atoms with Crippen LogP contribution in [0.3, 0.4) is 0 Å². The van der Waals surface area contributed by atoms with E-state index in [2.05, 4.69) is 31.0 Å². The zero-order valence-corrected chi connectivity index (χ0v) is 18.4. The van der Waals surface area contributed by atoms with Gasteiger partial charge in [-0.2, -0.15) is 10.2 Å². The summed E-state index contributed by atoms with van der Waals surface area (Å²) in [7, 11) is 0. The molecule has 0 aliphatic carbocycles. The lowest BCUT2D eigenvalue weighted by Gasteiger charge is -2.12. The number of nitrogens with one attached hydrogen (secondary N) is 2. The van der Waals surface area contributed by atoms with Crippen molar-refractivity contribution in [3.8, 4) is 0 Å². The number of aliphatic carboxylic acids is 2. The Balaban J connectivity index is 1.55. The van der Waals surface area contributed by atoms with Gasteiger partial charge in [0, 0.05) is 34.6 Å². The second-order valence-corrected chi connectivity index (χ2v) is 7.72. The van der Waals surface area contributed by atoms with Crippen LogP contribution in [0.5, 0.6) is 0 Å². The Labute approximate surface area is 195 Å². The number of fused-ring (bicyclic) bond motifs is 2. The fraction of sp³-hybridized carbons (Fsp3) is 0.250. The molecule has 0 aliphatic rings. The van der Waals surface area contributed by atoms with Crippen LogP contribution < -0.4 is 10.6 Å². The van der Waals surface area contributed by atoms with Gasteiger partial charge in [-0.25, -0.2) is 0 Å². The molecule has 0 saturated heterocycles. The Hall–Kier alpha value is -4.34. The highest BCUT2D eigenvalue weighted by Gasteiger charge is 2.13. The summed E-state index contributed by atoms with van der Waals surface area (Å²) < 4.78 is 0. The third-order valence-corrected chi connectivity index (χ3v) is 5.39. The van der Waals surface area contributed by atoms with Crippen molar-refractivity contribution in [2.45, 2.75) is 25.7 Å². The lowest BCUT2D eigenvalue weighted by atomic mass is 10.0. The number of aromatic nitrogens is 4. The van der Waals surface area contributed by atoms with Crippen molar-refractivity contribution in [3.05, 3.63) is 59.9 Å². The number of carboxylic acids is 2. The second kappa shape index (κ2) is 10.5. The first-order valence-corrected chi connectivity index (χ1v) is 10.9. The first-order chi connectivity index (χ1) is 16.5. The van der Waals surface area contributed by atoms with Crippen LogP contribution in [0, 0.1) is 0 Å². The average Bonchev–Trinajstić information content (AvgIpc) is 2.83. The maximum atomic E-state index is 10.8. The van der Waals surface area contributed by atoms with Crippen LogP contribution in [0.15, 0.2) is 48.5 Å². The molecule has 2 aromatic heterocycles. The van der Waals surface area contributed by atoms with Gasteiger partial charge in [-0.3, -0.25) is 9.59 Å². The molecule has 2 heterocycles. The predicted octanol–water partition coefficient (Wildman–Crippen LogP) is 3.13. The van der Waals surface area contributed by atoms with Crippen LogP contribution >= 0.6 is 0 Å². The molecule has 10 nitrogen and oxygen atoms in total. The Kier molecular flexibility index (Phi) is 7.07. The van der Waals surface area contributed by atoms with Gasteiger partial charge in [-0.15, -0.1) is 10.2 Å². The molecule has 0 amide bonds. The standard InChI is InChI=1S/C24H24N6O4/c31-21(32)11-13-25-23-17-7-3-1-5-15(17)19(27-29-23)9-10-20-16-6-2-4-8-18(16)24(30-28-20)26-14-12-22(33)34/h1-8H,9-14H2,(H,25,29)(H,26,30)(H,31,32)(H,33,34). The third kappa shape index (κ3) is 5.34. The van der Waals surface area contributed by atoms with E-state index in [1.165, 1.54) is 0 Å². The summed E-state index contributed by atoms with van der Waals surface area (Å²) in [6.07, 6.45) is 1.16. The van der Waals surface area contributed by atoms with Crippen LogP contribution in [0.1, 0.15) is 24.2 Å².